The first-order valence-corrected chi connectivity index (χ1v) is 11.2. The molecule has 1 aliphatic heterocycles. The van der Waals surface area contributed by atoms with Crippen LogP contribution in [-0.2, 0) is 4.79 Å². The summed E-state index contributed by atoms with van der Waals surface area (Å²) in [6, 6.07) is 11.1. The first-order valence-electron chi connectivity index (χ1n) is 10.5. The number of amides is 1. The highest BCUT2D eigenvalue weighted by Crippen LogP contribution is 2.40. The molecule has 4 rings (SSSR count). The maximum atomic E-state index is 13.6. The first-order chi connectivity index (χ1) is 15.4. The standard InChI is InChI=1S/C23H25BrN6O2/c1-5-10-32-19-9-7-16(24)12-17(19)21-20(15(4)25-23-27-28-29-30(21)23)22(31)26-18-8-6-13(2)11-14(18)3/h6-9,11-12,21H,5,10H2,1-4H3,(H,26,31)(H,25,27,29)/t21-/m0/s1. The van der Waals surface area contributed by atoms with E-state index in [1.54, 1.807) is 4.68 Å². The normalized spacial score (nSPS) is 15.2. The van der Waals surface area contributed by atoms with Gasteiger partial charge in [-0.15, -0.1) is 0 Å². The van der Waals surface area contributed by atoms with Gasteiger partial charge in [0, 0.05) is 21.4 Å². The van der Waals surface area contributed by atoms with Crippen molar-refractivity contribution in [2.75, 3.05) is 17.2 Å². The Labute approximate surface area is 195 Å². The summed E-state index contributed by atoms with van der Waals surface area (Å²) in [6.07, 6.45) is 0.868. The number of fused-ring (bicyclic) bond motifs is 1. The number of rotatable bonds is 6. The van der Waals surface area contributed by atoms with E-state index in [0.717, 1.165) is 33.3 Å². The van der Waals surface area contributed by atoms with Crippen LogP contribution in [0.1, 0.15) is 43.0 Å². The Morgan fingerprint density at radius 1 is 1.22 bits per heavy atom. The van der Waals surface area contributed by atoms with E-state index in [9.17, 15) is 4.79 Å². The van der Waals surface area contributed by atoms with E-state index in [4.69, 9.17) is 4.74 Å². The van der Waals surface area contributed by atoms with Gasteiger partial charge in [-0.1, -0.05) is 45.6 Å². The molecule has 32 heavy (non-hydrogen) atoms. The second-order valence-corrected chi connectivity index (χ2v) is 8.73. The van der Waals surface area contributed by atoms with Crippen molar-refractivity contribution in [1.29, 1.82) is 0 Å². The molecule has 1 amide bonds. The third-order valence-corrected chi connectivity index (χ3v) is 5.81. The van der Waals surface area contributed by atoms with E-state index in [0.29, 0.717) is 29.6 Å². The number of ether oxygens (including phenoxy) is 1. The number of hydrogen-bond acceptors (Lipinski definition) is 6. The lowest BCUT2D eigenvalue weighted by Gasteiger charge is -2.29. The third kappa shape index (κ3) is 4.25. The number of carbonyl (C=O) groups is 1. The number of halogens is 1. The molecule has 0 radical (unpaired) electrons. The smallest absolute Gasteiger partial charge is 0.255 e. The van der Waals surface area contributed by atoms with Crippen LogP contribution < -0.4 is 15.4 Å². The van der Waals surface area contributed by atoms with Crippen molar-refractivity contribution < 1.29 is 9.53 Å². The second-order valence-electron chi connectivity index (χ2n) is 7.82. The summed E-state index contributed by atoms with van der Waals surface area (Å²) in [4.78, 5) is 13.6. The molecule has 0 fully saturated rings. The van der Waals surface area contributed by atoms with E-state index < -0.39 is 6.04 Å². The zero-order valence-corrected chi connectivity index (χ0v) is 20.0. The molecule has 8 nitrogen and oxygen atoms in total. The van der Waals surface area contributed by atoms with Crippen molar-refractivity contribution in [3.8, 4) is 5.75 Å². The van der Waals surface area contributed by atoms with Gasteiger partial charge in [0.25, 0.3) is 5.91 Å². The largest absolute Gasteiger partial charge is 0.493 e. The predicted octanol–water partition coefficient (Wildman–Crippen LogP) is 4.77. The second kappa shape index (κ2) is 9.12. The van der Waals surface area contributed by atoms with Gasteiger partial charge >= 0.3 is 0 Å². The number of carbonyl (C=O) groups excluding carboxylic acids is 1. The molecule has 3 aromatic rings. The zero-order chi connectivity index (χ0) is 22.8. The van der Waals surface area contributed by atoms with Crippen LogP contribution in [0.4, 0.5) is 11.6 Å². The molecule has 2 aromatic carbocycles. The van der Waals surface area contributed by atoms with Gasteiger partial charge in [-0.2, -0.15) is 4.68 Å². The van der Waals surface area contributed by atoms with Crippen molar-refractivity contribution in [3.05, 3.63) is 68.8 Å². The maximum Gasteiger partial charge on any atom is 0.255 e. The fourth-order valence-electron chi connectivity index (χ4n) is 3.81. The quantitative estimate of drug-likeness (QED) is 0.510. The molecule has 9 heteroatoms. The van der Waals surface area contributed by atoms with Crippen LogP contribution >= 0.6 is 15.9 Å². The van der Waals surface area contributed by atoms with E-state index in [1.165, 1.54) is 0 Å². The van der Waals surface area contributed by atoms with Crippen molar-refractivity contribution in [2.24, 2.45) is 0 Å². The van der Waals surface area contributed by atoms with Gasteiger partial charge in [-0.05, 0) is 67.4 Å². The Hall–Kier alpha value is -3.20. The fourth-order valence-corrected chi connectivity index (χ4v) is 4.19. The van der Waals surface area contributed by atoms with Gasteiger partial charge in [0.2, 0.25) is 5.95 Å². The molecular weight excluding hydrogens is 472 g/mol. The molecule has 0 bridgehead atoms. The number of allylic oxidation sites excluding steroid dienone is 1. The number of tetrazole rings is 1. The average Bonchev–Trinajstić information content (AvgIpc) is 3.21. The molecule has 0 spiro atoms. The number of anilines is 2. The van der Waals surface area contributed by atoms with Crippen LogP contribution in [0.2, 0.25) is 0 Å². The minimum absolute atomic E-state index is 0.227. The Kier molecular flexibility index (Phi) is 6.27. The highest BCUT2D eigenvalue weighted by atomic mass is 79.9. The lowest BCUT2D eigenvalue weighted by atomic mass is 9.94. The van der Waals surface area contributed by atoms with Crippen LogP contribution in [0, 0.1) is 13.8 Å². The highest BCUT2D eigenvalue weighted by Gasteiger charge is 2.36. The summed E-state index contributed by atoms with van der Waals surface area (Å²) in [5.74, 6) is 0.930. The zero-order valence-electron chi connectivity index (χ0n) is 18.4. The molecule has 0 unspecified atom stereocenters. The molecule has 166 valence electrons. The number of aromatic nitrogens is 4. The first kappa shape index (κ1) is 22.0. The van der Waals surface area contributed by atoms with Crippen LogP contribution in [0.5, 0.6) is 5.75 Å². The summed E-state index contributed by atoms with van der Waals surface area (Å²) >= 11 is 3.56. The Morgan fingerprint density at radius 3 is 2.78 bits per heavy atom. The Balaban J connectivity index is 1.80. The molecule has 1 atom stereocenters. The minimum Gasteiger partial charge on any atom is -0.493 e. The lowest BCUT2D eigenvalue weighted by Crippen LogP contribution is -2.32. The predicted molar refractivity (Wildman–Crippen MR) is 127 cm³/mol. The summed E-state index contributed by atoms with van der Waals surface area (Å²) in [5.41, 5.74) is 4.89. The minimum atomic E-state index is -0.559. The molecule has 0 saturated heterocycles. The lowest BCUT2D eigenvalue weighted by molar-refractivity contribution is -0.113. The van der Waals surface area contributed by atoms with Gasteiger partial charge < -0.3 is 15.4 Å². The van der Waals surface area contributed by atoms with Crippen LogP contribution in [0.15, 0.2) is 52.1 Å². The molecule has 1 aliphatic rings. The van der Waals surface area contributed by atoms with E-state index in [1.807, 2.05) is 57.2 Å². The van der Waals surface area contributed by atoms with Gasteiger partial charge in [-0.3, -0.25) is 4.79 Å². The van der Waals surface area contributed by atoms with Crippen molar-refractivity contribution >= 4 is 33.5 Å². The van der Waals surface area contributed by atoms with Crippen molar-refractivity contribution in [1.82, 2.24) is 20.2 Å². The van der Waals surface area contributed by atoms with Gasteiger partial charge in [-0.25, -0.2) is 0 Å². The monoisotopic (exact) mass is 496 g/mol. The van der Waals surface area contributed by atoms with Crippen LogP contribution in [-0.4, -0.2) is 32.7 Å². The molecular formula is C23H25BrN6O2. The number of nitrogens with zero attached hydrogens (tertiary/aromatic N) is 4. The van der Waals surface area contributed by atoms with Gasteiger partial charge in [0.05, 0.1) is 12.2 Å². The topological polar surface area (TPSA) is 94.0 Å². The SMILES string of the molecule is CCCOc1ccc(Br)cc1[C@H]1C(C(=O)Nc2ccc(C)cc2C)=C(C)Nc2nnnn21. The Bertz CT molecular complexity index is 1200. The fraction of sp³-hybridized carbons (Fsp3) is 0.304. The van der Waals surface area contributed by atoms with Crippen LogP contribution in [0.3, 0.4) is 0 Å². The molecule has 0 saturated carbocycles. The van der Waals surface area contributed by atoms with Crippen molar-refractivity contribution in [2.45, 2.75) is 40.2 Å². The highest BCUT2D eigenvalue weighted by molar-refractivity contribution is 9.10. The number of benzene rings is 2. The average molecular weight is 497 g/mol. The number of nitrogens with one attached hydrogen (secondary N) is 2. The third-order valence-electron chi connectivity index (χ3n) is 5.32. The summed E-state index contributed by atoms with van der Waals surface area (Å²) < 4.78 is 8.51. The molecule has 2 N–H and O–H groups in total. The summed E-state index contributed by atoms with van der Waals surface area (Å²) in [7, 11) is 0. The van der Waals surface area contributed by atoms with Crippen LogP contribution in [0.25, 0.3) is 0 Å². The molecule has 1 aromatic heterocycles. The number of hydrogen-bond donors (Lipinski definition) is 2. The molecule has 2 heterocycles. The van der Waals surface area contributed by atoms with Gasteiger partial charge in [0.1, 0.15) is 11.8 Å². The van der Waals surface area contributed by atoms with Gasteiger partial charge in [0.15, 0.2) is 0 Å². The number of aryl methyl sites for hydroxylation is 2. The van der Waals surface area contributed by atoms with E-state index in [-0.39, 0.29) is 5.91 Å². The summed E-state index contributed by atoms with van der Waals surface area (Å²) in [6.45, 7) is 8.47. The van der Waals surface area contributed by atoms with E-state index in [2.05, 4.69) is 49.0 Å². The molecule has 0 aliphatic carbocycles. The Morgan fingerprint density at radius 2 is 2.03 bits per heavy atom. The summed E-state index contributed by atoms with van der Waals surface area (Å²) in [5, 5.41) is 18.3. The maximum absolute atomic E-state index is 13.6. The van der Waals surface area contributed by atoms with E-state index >= 15 is 0 Å². The van der Waals surface area contributed by atoms with Crippen molar-refractivity contribution in [3.63, 3.8) is 0 Å².